The number of fused-ring (bicyclic) bond motifs is 1. The molecule has 0 fully saturated rings. The standard InChI is InChI=1S/C30H24F6N2O2/c1-3-17-11-22(29(31,32)33)13-20(27(17)39)15-37-24-9-5-7-19-8-6-10-25(26(19)24)38-16-21-14-23(30(34,35)36)12-18(4-2)28(21)40/h5-16,39-40H,3-4H2,1-2H3. The van der Waals surface area contributed by atoms with Crippen molar-refractivity contribution in [3.05, 3.63) is 94.0 Å². The fourth-order valence-corrected chi connectivity index (χ4v) is 4.30. The Labute approximate surface area is 226 Å². The highest BCUT2D eigenvalue weighted by Crippen LogP contribution is 2.38. The van der Waals surface area contributed by atoms with Crippen LogP contribution in [-0.2, 0) is 25.2 Å². The molecule has 4 aromatic rings. The van der Waals surface area contributed by atoms with Crippen LogP contribution in [0.4, 0.5) is 37.7 Å². The smallest absolute Gasteiger partial charge is 0.416 e. The molecule has 0 aromatic heterocycles. The highest BCUT2D eigenvalue weighted by atomic mass is 19.4. The molecule has 208 valence electrons. The number of halogens is 6. The van der Waals surface area contributed by atoms with Gasteiger partial charge in [0.2, 0.25) is 0 Å². The average Bonchev–Trinajstić information content (AvgIpc) is 2.90. The van der Waals surface area contributed by atoms with Crippen molar-refractivity contribution in [3.63, 3.8) is 0 Å². The lowest BCUT2D eigenvalue weighted by molar-refractivity contribution is -0.138. The summed E-state index contributed by atoms with van der Waals surface area (Å²) in [7, 11) is 0. The lowest BCUT2D eigenvalue weighted by atomic mass is 10.0. The van der Waals surface area contributed by atoms with E-state index in [1.165, 1.54) is 0 Å². The molecule has 0 radical (unpaired) electrons. The quantitative estimate of drug-likeness (QED) is 0.183. The molecule has 0 atom stereocenters. The molecule has 0 amide bonds. The van der Waals surface area contributed by atoms with Gasteiger partial charge in [0.05, 0.1) is 22.5 Å². The Hall–Kier alpha value is -4.34. The van der Waals surface area contributed by atoms with Crippen molar-refractivity contribution >= 4 is 34.6 Å². The Kier molecular flexibility index (Phi) is 7.91. The van der Waals surface area contributed by atoms with Gasteiger partial charge in [-0.15, -0.1) is 0 Å². The van der Waals surface area contributed by atoms with Crippen LogP contribution in [0.2, 0.25) is 0 Å². The van der Waals surface area contributed by atoms with Crippen LogP contribution >= 0.6 is 0 Å². The van der Waals surface area contributed by atoms with Gasteiger partial charge in [0.15, 0.2) is 0 Å². The number of benzene rings is 4. The lowest BCUT2D eigenvalue weighted by Crippen LogP contribution is -2.07. The molecule has 0 bridgehead atoms. The summed E-state index contributed by atoms with van der Waals surface area (Å²) in [6.45, 7) is 3.24. The largest absolute Gasteiger partial charge is 0.507 e. The monoisotopic (exact) mass is 558 g/mol. The van der Waals surface area contributed by atoms with E-state index < -0.39 is 23.5 Å². The van der Waals surface area contributed by atoms with Crippen LogP contribution in [0.1, 0.15) is 47.2 Å². The molecule has 0 aliphatic rings. The zero-order valence-electron chi connectivity index (χ0n) is 21.4. The first kappa shape index (κ1) is 28.7. The number of phenols is 2. The SMILES string of the molecule is CCc1cc(C(F)(F)F)cc(C=Nc2cccc3cccc(N=Cc4cc(C(F)(F)F)cc(CC)c4O)c23)c1O. The number of nitrogens with zero attached hydrogens (tertiary/aromatic N) is 2. The summed E-state index contributed by atoms with van der Waals surface area (Å²) in [5.41, 5.74) is -1.22. The zero-order chi connectivity index (χ0) is 29.2. The van der Waals surface area contributed by atoms with Gasteiger partial charge in [0, 0.05) is 28.9 Å². The van der Waals surface area contributed by atoms with E-state index in [0.29, 0.717) is 22.1 Å². The van der Waals surface area contributed by atoms with Crippen molar-refractivity contribution in [2.24, 2.45) is 9.98 Å². The average molecular weight is 559 g/mol. The predicted molar refractivity (Wildman–Crippen MR) is 143 cm³/mol. The van der Waals surface area contributed by atoms with Gasteiger partial charge in [-0.1, -0.05) is 38.1 Å². The van der Waals surface area contributed by atoms with Gasteiger partial charge >= 0.3 is 12.4 Å². The first-order chi connectivity index (χ1) is 18.8. The molecule has 10 heteroatoms. The normalized spacial score (nSPS) is 12.7. The summed E-state index contributed by atoms with van der Waals surface area (Å²) in [5, 5.41) is 22.1. The van der Waals surface area contributed by atoms with Gasteiger partial charge < -0.3 is 10.2 Å². The second-order valence-corrected chi connectivity index (χ2v) is 9.02. The van der Waals surface area contributed by atoms with Crippen LogP contribution in [0, 0.1) is 0 Å². The fraction of sp³-hybridized carbons (Fsp3) is 0.200. The Morgan fingerprint density at radius 2 is 1.05 bits per heavy atom. The van der Waals surface area contributed by atoms with Crippen LogP contribution in [-0.4, -0.2) is 22.6 Å². The summed E-state index contributed by atoms with van der Waals surface area (Å²) in [4.78, 5) is 8.69. The Morgan fingerprint density at radius 1 is 0.650 bits per heavy atom. The molecule has 0 saturated carbocycles. The Balaban J connectivity index is 1.82. The van der Waals surface area contributed by atoms with E-state index in [2.05, 4.69) is 9.98 Å². The van der Waals surface area contributed by atoms with Crippen LogP contribution < -0.4 is 0 Å². The maximum atomic E-state index is 13.4. The van der Waals surface area contributed by atoms with Crippen molar-refractivity contribution in [3.8, 4) is 11.5 Å². The van der Waals surface area contributed by atoms with Crippen molar-refractivity contribution < 1.29 is 36.6 Å². The number of phenolic OH excluding ortho intramolecular Hbond substituents is 2. The minimum Gasteiger partial charge on any atom is -0.507 e. The maximum absolute atomic E-state index is 13.4. The van der Waals surface area contributed by atoms with Gasteiger partial charge in [-0.05, 0) is 65.8 Å². The molecule has 0 aliphatic carbocycles. The molecular formula is C30H24F6N2O2. The molecule has 0 unspecified atom stereocenters. The minimum absolute atomic E-state index is 0.117. The third kappa shape index (κ3) is 5.95. The first-order valence-corrected chi connectivity index (χ1v) is 12.3. The van der Waals surface area contributed by atoms with Gasteiger partial charge in [-0.2, -0.15) is 26.3 Å². The van der Waals surface area contributed by atoms with Gasteiger partial charge in [0.25, 0.3) is 0 Å². The first-order valence-electron chi connectivity index (χ1n) is 12.3. The highest BCUT2D eigenvalue weighted by Gasteiger charge is 2.33. The van der Waals surface area contributed by atoms with E-state index in [1.54, 1.807) is 50.2 Å². The van der Waals surface area contributed by atoms with E-state index in [9.17, 15) is 36.6 Å². The molecule has 0 heterocycles. The third-order valence-corrected chi connectivity index (χ3v) is 6.40. The van der Waals surface area contributed by atoms with E-state index >= 15 is 0 Å². The molecule has 0 spiro atoms. The zero-order valence-corrected chi connectivity index (χ0v) is 21.4. The van der Waals surface area contributed by atoms with Crippen LogP contribution in [0.25, 0.3) is 10.8 Å². The van der Waals surface area contributed by atoms with Crippen LogP contribution in [0.5, 0.6) is 11.5 Å². The van der Waals surface area contributed by atoms with Crippen molar-refractivity contribution in [1.29, 1.82) is 0 Å². The third-order valence-electron chi connectivity index (χ3n) is 6.40. The molecule has 4 aromatic carbocycles. The molecule has 2 N–H and O–H groups in total. The predicted octanol–water partition coefficient (Wildman–Crippen LogP) is 8.91. The number of aromatic hydroxyl groups is 2. The second-order valence-electron chi connectivity index (χ2n) is 9.02. The minimum atomic E-state index is -4.62. The summed E-state index contributed by atoms with van der Waals surface area (Å²) in [5.74, 6) is -0.631. The number of hydrogen-bond donors (Lipinski definition) is 2. The second kappa shape index (κ2) is 11.0. The number of aliphatic imine (C=N–C) groups is 2. The summed E-state index contributed by atoms with van der Waals surface area (Å²) in [6.07, 6.45) is -6.63. The summed E-state index contributed by atoms with van der Waals surface area (Å²) in [6, 6.07) is 13.5. The number of hydrogen-bond acceptors (Lipinski definition) is 4. The van der Waals surface area contributed by atoms with Gasteiger partial charge in [0.1, 0.15) is 11.5 Å². The fourth-order valence-electron chi connectivity index (χ4n) is 4.30. The Bertz CT molecular complexity index is 1510. The molecule has 4 rings (SSSR count). The number of aryl methyl sites for hydroxylation is 2. The molecule has 0 saturated heterocycles. The van der Waals surface area contributed by atoms with E-state index in [-0.39, 0.29) is 46.6 Å². The van der Waals surface area contributed by atoms with Crippen molar-refractivity contribution in [2.75, 3.05) is 0 Å². The van der Waals surface area contributed by atoms with E-state index in [1.807, 2.05) is 0 Å². The summed E-state index contributed by atoms with van der Waals surface area (Å²) < 4.78 is 80.5. The van der Waals surface area contributed by atoms with Crippen molar-refractivity contribution in [1.82, 2.24) is 0 Å². The number of alkyl halides is 6. The molecular weight excluding hydrogens is 534 g/mol. The molecule has 0 aliphatic heterocycles. The molecule has 40 heavy (non-hydrogen) atoms. The molecule has 4 nitrogen and oxygen atoms in total. The van der Waals surface area contributed by atoms with E-state index in [4.69, 9.17) is 0 Å². The van der Waals surface area contributed by atoms with Gasteiger partial charge in [-0.3, -0.25) is 9.98 Å². The number of rotatable bonds is 6. The highest BCUT2D eigenvalue weighted by molar-refractivity contribution is 6.04. The summed E-state index contributed by atoms with van der Waals surface area (Å²) >= 11 is 0. The topological polar surface area (TPSA) is 65.2 Å². The Morgan fingerprint density at radius 3 is 1.40 bits per heavy atom. The van der Waals surface area contributed by atoms with E-state index in [0.717, 1.165) is 36.7 Å². The maximum Gasteiger partial charge on any atom is 0.416 e. The van der Waals surface area contributed by atoms with Crippen molar-refractivity contribution in [2.45, 2.75) is 39.0 Å². The van der Waals surface area contributed by atoms with Crippen LogP contribution in [0.15, 0.2) is 70.6 Å². The van der Waals surface area contributed by atoms with Crippen LogP contribution in [0.3, 0.4) is 0 Å². The lowest BCUT2D eigenvalue weighted by Gasteiger charge is -2.12. The van der Waals surface area contributed by atoms with Gasteiger partial charge in [-0.25, -0.2) is 0 Å².